The van der Waals surface area contributed by atoms with Crippen molar-refractivity contribution in [3.63, 3.8) is 0 Å². The van der Waals surface area contributed by atoms with E-state index < -0.39 is 0 Å². The van der Waals surface area contributed by atoms with Crippen molar-refractivity contribution in [3.05, 3.63) is 30.3 Å². The molecule has 2 N–H and O–H groups in total. The maximum atomic E-state index is 5.41. The van der Waals surface area contributed by atoms with Gasteiger partial charge in [-0.25, -0.2) is 5.84 Å². The highest BCUT2D eigenvalue weighted by molar-refractivity contribution is 7.18. The van der Waals surface area contributed by atoms with Gasteiger partial charge in [-0.2, -0.15) is 0 Å². The summed E-state index contributed by atoms with van der Waals surface area (Å²) in [6, 6.07) is 9.72. The Morgan fingerprint density at radius 3 is 2.11 bits per heavy atom. The zero-order valence-electron chi connectivity index (χ0n) is 4.99. The van der Waals surface area contributed by atoms with Crippen molar-refractivity contribution in [1.29, 1.82) is 0 Å². The molecule has 2 nitrogen and oxygen atoms in total. The minimum atomic E-state index is 0.988. The van der Waals surface area contributed by atoms with E-state index in [-0.39, 0.29) is 0 Å². The third-order valence-electron chi connectivity index (χ3n) is 1.05. The van der Waals surface area contributed by atoms with Crippen LogP contribution in [-0.4, -0.2) is 0 Å². The van der Waals surface area contributed by atoms with Crippen LogP contribution in [0.2, 0.25) is 0 Å². The van der Waals surface area contributed by atoms with E-state index in [0.29, 0.717) is 0 Å². The number of rotatable bonds is 1. The molecule has 3 heteroatoms. The molecule has 0 bridgehead atoms. The standard InChI is InChI=1S/C6H9N2P/c7-8(9)6-4-2-1-3-5-6/h1-5H,7,9H2. The third-order valence-corrected chi connectivity index (χ3v) is 1.35. The summed E-state index contributed by atoms with van der Waals surface area (Å²) in [6.45, 7) is 0. The van der Waals surface area contributed by atoms with Gasteiger partial charge in [-0.05, 0) is 21.5 Å². The van der Waals surface area contributed by atoms with Gasteiger partial charge in [0.2, 0.25) is 0 Å². The molecule has 0 saturated heterocycles. The zero-order valence-corrected chi connectivity index (χ0v) is 6.14. The van der Waals surface area contributed by atoms with Gasteiger partial charge in [0.15, 0.2) is 0 Å². The fourth-order valence-corrected chi connectivity index (χ4v) is 0.772. The smallest absolute Gasteiger partial charge is 0.0552 e. The number of anilines is 1. The van der Waals surface area contributed by atoms with Gasteiger partial charge in [-0.1, -0.05) is 18.2 Å². The number of benzene rings is 1. The summed E-state index contributed by atoms with van der Waals surface area (Å²) in [7, 11) is 2.38. The Morgan fingerprint density at radius 1 is 1.22 bits per heavy atom. The summed E-state index contributed by atoms with van der Waals surface area (Å²) in [5.41, 5.74) is 0.988. The van der Waals surface area contributed by atoms with E-state index in [1.807, 2.05) is 30.3 Å². The summed E-state index contributed by atoms with van der Waals surface area (Å²) in [5, 5.41) is 0. The summed E-state index contributed by atoms with van der Waals surface area (Å²) in [5.74, 6) is 5.41. The van der Waals surface area contributed by atoms with Crippen LogP contribution in [0.25, 0.3) is 0 Å². The summed E-state index contributed by atoms with van der Waals surface area (Å²) in [6.07, 6.45) is 0. The van der Waals surface area contributed by atoms with E-state index in [9.17, 15) is 0 Å². The molecule has 0 heterocycles. The molecule has 1 rings (SSSR count). The molecule has 1 aromatic rings. The number of nitrogens with two attached hydrogens (primary N) is 1. The van der Waals surface area contributed by atoms with Gasteiger partial charge in [0.25, 0.3) is 0 Å². The Morgan fingerprint density at radius 2 is 1.78 bits per heavy atom. The molecule has 1 aromatic carbocycles. The molecule has 0 aliphatic rings. The lowest BCUT2D eigenvalue weighted by Crippen LogP contribution is -2.16. The Labute approximate surface area is 56.9 Å². The van der Waals surface area contributed by atoms with Crippen LogP contribution in [0.5, 0.6) is 0 Å². The molecule has 1 unspecified atom stereocenters. The van der Waals surface area contributed by atoms with Gasteiger partial charge in [0, 0.05) is 0 Å². The van der Waals surface area contributed by atoms with Crippen molar-refractivity contribution < 1.29 is 0 Å². The van der Waals surface area contributed by atoms with Crippen LogP contribution in [0.3, 0.4) is 0 Å². The predicted molar refractivity (Wildman–Crippen MR) is 42.8 cm³/mol. The topological polar surface area (TPSA) is 29.3 Å². The van der Waals surface area contributed by atoms with Crippen molar-refractivity contribution in [2.45, 2.75) is 0 Å². The van der Waals surface area contributed by atoms with Crippen molar-refractivity contribution in [2.24, 2.45) is 5.84 Å². The van der Waals surface area contributed by atoms with E-state index in [1.54, 1.807) is 0 Å². The van der Waals surface area contributed by atoms with Crippen LogP contribution < -0.4 is 10.6 Å². The number of hydrazine groups is 1. The number of nitrogens with zero attached hydrogens (tertiary/aromatic N) is 1. The van der Waals surface area contributed by atoms with Crippen molar-refractivity contribution in [3.8, 4) is 0 Å². The van der Waals surface area contributed by atoms with Gasteiger partial charge < -0.3 is 0 Å². The first-order chi connectivity index (χ1) is 4.30. The highest BCUT2D eigenvalue weighted by atomic mass is 31.0. The average molecular weight is 140 g/mol. The maximum Gasteiger partial charge on any atom is 0.0552 e. The highest BCUT2D eigenvalue weighted by Gasteiger charge is 1.88. The van der Waals surface area contributed by atoms with Gasteiger partial charge in [-0.3, -0.25) is 4.78 Å². The largest absolute Gasteiger partial charge is 0.297 e. The van der Waals surface area contributed by atoms with Gasteiger partial charge in [-0.15, -0.1) is 0 Å². The quantitative estimate of drug-likeness (QED) is 0.360. The Balaban J connectivity index is 2.85. The summed E-state index contributed by atoms with van der Waals surface area (Å²) < 4.78 is 1.50. The molecule has 9 heavy (non-hydrogen) atoms. The lowest BCUT2D eigenvalue weighted by molar-refractivity contribution is 1.21. The molecule has 0 aliphatic carbocycles. The molecule has 0 amide bonds. The Kier molecular flexibility index (Phi) is 2.04. The Hall–Kier alpha value is -0.590. The van der Waals surface area contributed by atoms with Crippen LogP contribution in [0.4, 0.5) is 5.69 Å². The molecule has 1 atom stereocenters. The van der Waals surface area contributed by atoms with Crippen molar-refractivity contribution in [2.75, 3.05) is 4.78 Å². The van der Waals surface area contributed by atoms with Crippen LogP contribution in [0.1, 0.15) is 0 Å². The molecule has 0 radical (unpaired) electrons. The van der Waals surface area contributed by atoms with Gasteiger partial charge in [0.05, 0.1) is 5.69 Å². The van der Waals surface area contributed by atoms with Crippen LogP contribution >= 0.6 is 9.39 Å². The minimum Gasteiger partial charge on any atom is -0.297 e. The van der Waals surface area contributed by atoms with Crippen molar-refractivity contribution in [1.82, 2.24) is 0 Å². The van der Waals surface area contributed by atoms with Gasteiger partial charge in [0.1, 0.15) is 0 Å². The van der Waals surface area contributed by atoms with E-state index in [0.717, 1.165) is 5.69 Å². The van der Waals surface area contributed by atoms with E-state index >= 15 is 0 Å². The molecule has 0 saturated carbocycles. The normalized spacial score (nSPS) is 9.11. The molecule has 48 valence electrons. The second kappa shape index (κ2) is 2.81. The monoisotopic (exact) mass is 140 g/mol. The number of para-hydroxylation sites is 1. The molecular formula is C6H9N2P. The number of hydrogen-bond acceptors (Lipinski definition) is 2. The maximum absolute atomic E-state index is 5.41. The predicted octanol–water partition coefficient (Wildman–Crippen LogP) is 1.16. The fourth-order valence-electron chi connectivity index (χ4n) is 0.600. The van der Waals surface area contributed by atoms with Crippen LogP contribution in [-0.2, 0) is 0 Å². The van der Waals surface area contributed by atoms with E-state index in [1.165, 1.54) is 4.78 Å². The van der Waals surface area contributed by atoms with Crippen LogP contribution in [0.15, 0.2) is 30.3 Å². The second-order valence-electron chi connectivity index (χ2n) is 1.74. The van der Waals surface area contributed by atoms with E-state index in [4.69, 9.17) is 5.84 Å². The first-order valence-electron chi connectivity index (χ1n) is 2.65. The van der Waals surface area contributed by atoms with Crippen molar-refractivity contribution >= 4 is 15.1 Å². The second-order valence-corrected chi connectivity index (χ2v) is 2.30. The molecule has 0 fully saturated rings. The lowest BCUT2D eigenvalue weighted by atomic mass is 10.3. The first kappa shape index (κ1) is 6.53. The average Bonchev–Trinajstić information content (AvgIpc) is 1.90. The first-order valence-corrected chi connectivity index (χ1v) is 3.17. The highest BCUT2D eigenvalue weighted by Crippen LogP contribution is 2.11. The fraction of sp³-hybridized carbons (Fsp3) is 0. The number of hydrogen-bond donors (Lipinski definition) is 1. The zero-order chi connectivity index (χ0) is 6.69. The SMILES string of the molecule is NN(P)c1ccccc1. The Bertz CT molecular complexity index is 174. The molecule has 0 aromatic heterocycles. The van der Waals surface area contributed by atoms with Crippen LogP contribution in [0, 0.1) is 0 Å². The van der Waals surface area contributed by atoms with E-state index in [2.05, 4.69) is 9.39 Å². The summed E-state index contributed by atoms with van der Waals surface area (Å²) in [4.78, 5) is 0. The minimum absolute atomic E-state index is 0.988. The molecule has 0 spiro atoms. The lowest BCUT2D eigenvalue weighted by Gasteiger charge is -2.09. The van der Waals surface area contributed by atoms with Gasteiger partial charge >= 0.3 is 0 Å². The summed E-state index contributed by atoms with van der Waals surface area (Å²) >= 11 is 0. The molecule has 0 aliphatic heterocycles. The molecular weight excluding hydrogens is 131 g/mol. The third kappa shape index (κ3) is 1.67.